The number of carbonyl (C=O) groups excluding carboxylic acids is 1. The van der Waals surface area contributed by atoms with Crippen molar-refractivity contribution in [1.29, 1.82) is 0 Å². The van der Waals surface area contributed by atoms with Gasteiger partial charge in [0.1, 0.15) is 5.75 Å². The third kappa shape index (κ3) is 4.78. The molecule has 0 atom stereocenters. The highest BCUT2D eigenvalue weighted by atomic mass is 35.5. The van der Waals surface area contributed by atoms with Crippen LogP contribution < -0.4 is 15.4 Å². The fourth-order valence-electron chi connectivity index (χ4n) is 2.11. The Balaban J connectivity index is 1.87. The lowest BCUT2D eigenvalue weighted by Crippen LogP contribution is -2.32. The molecule has 122 valence electrons. The van der Waals surface area contributed by atoms with E-state index in [4.69, 9.17) is 27.9 Å². The summed E-state index contributed by atoms with van der Waals surface area (Å²) in [5.41, 5.74) is 3.45. The van der Waals surface area contributed by atoms with Gasteiger partial charge in [-0.05, 0) is 67.8 Å². The van der Waals surface area contributed by atoms with Gasteiger partial charge in [0, 0.05) is 15.7 Å². The lowest BCUT2D eigenvalue weighted by molar-refractivity contribution is 0.234. The van der Waals surface area contributed by atoms with Gasteiger partial charge in [-0.15, -0.1) is 0 Å². The van der Waals surface area contributed by atoms with Gasteiger partial charge in [-0.1, -0.05) is 23.2 Å². The molecule has 0 aliphatic rings. The normalized spacial score (nSPS) is 10.3. The number of carbonyl (C=O) groups is 1. The first-order chi connectivity index (χ1) is 10.9. The Morgan fingerprint density at radius 1 is 1.04 bits per heavy atom. The summed E-state index contributed by atoms with van der Waals surface area (Å²) in [6, 6.07) is 8.57. The van der Waals surface area contributed by atoms with Crippen molar-refractivity contribution < 1.29 is 9.53 Å². The molecule has 0 fully saturated rings. The number of hydrogen-bond donors (Lipinski definition) is 2. The Kier molecular flexibility index (Phi) is 5.74. The maximum Gasteiger partial charge on any atom is 0.321 e. The second kappa shape index (κ2) is 7.57. The number of hydrogen-bond acceptors (Lipinski definition) is 2. The van der Waals surface area contributed by atoms with Gasteiger partial charge in [0.2, 0.25) is 0 Å². The van der Waals surface area contributed by atoms with Crippen LogP contribution in [0.15, 0.2) is 30.3 Å². The van der Waals surface area contributed by atoms with E-state index in [1.165, 1.54) is 0 Å². The Morgan fingerprint density at radius 3 is 2.30 bits per heavy atom. The number of anilines is 1. The minimum atomic E-state index is -0.349. The van der Waals surface area contributed by atoms with E-state index >= 15 is 0 Å². The average Bonchev–Trinajstić information content (AvgIpc) is 2.47. The van der Waals surface area contributed by atoms with E-state index < -0.39 is 0 Å². The zero-order valence-corrected chi connectivity index (χ0v) is 14.7. The van der Waals surface area contributed by atoms with Crippen LogP contribution in [0.3, 0.4) is 0 Å². The fourth-order valence-corrected chi connectivity index (χ4v) is 2.44. The number of nitrogens with one attached hydrogen (secondary N) is 2. The maximum atomic E-state index is 11.9. The molecular formula is C17H18Cl2N2O2. The zero-order chi connectivity index (χ0) is 17.0. The van der Waals surface area contributed by atoms with Gasteiger partial charge in [0.15, 0.2) is 6.73 Å². The molecule has 2 amide bonds. The molecule has 0 saturated heterocycles. The van der Waals surface area contributed by atoms with Crippen LogP contribution in [0.25, 0.3) is 0 Å². The minimum absolute atomic E-state index is 0.0545. The van der Waals surface area contributed by atoms with Crippen molar-refractivity contribution >= 4 is 34.9 Å². The number of halogens is 2. The molecule has 0 radical (unpaired) electrons. The van der Waals surface area contributed by atoms with Gasteiger partial charge < -0.3 is 15.4 Å². The quantitative estimate of drug-likeness (QED) is 0.754. The molecule has 0 spiro atoms. The second-order valence-electron chi connectivity index (χ2n) is 5.25. The number of aryl methyl sites for hydroxylation is 3. The standard InChI is InChI=1S/C17H18Cl2N2O2/c1-10-6-13(18)4-5-15(10)21-17(22)20-9-23-14-7-11(2)16(19)12(3)8-14/h4-8H,9H2,1-3H3,(H2,20,21,22). The molecule has 2 N–H and O–H groups in total. The van der Waals surface area contributed by atoms with Gasteiger partial charge in [0.05, 0.1) is 0 Å². The predicted molar refractivity (Wildman–Crippen MR) is 94.8 cm³/mol. The SMILES string of the molecule is Cc1cc(Cl)ccc1NC(=O)NCOc1cc(C)c(Cl)c(C)c1. The van der Waals surface area contributed by atoms with Crippen molar-refractivity contribution in [2.45, 2.75) is 20.8 Å². The van der Waals surface area contributed by atoms with Crippen LogP contribution in [0.1, 0.15) is 16.7 Å². The van der Waals surface area contributed by atoms with Gasteiger partial charge in [0.25, 0.3) is 0 Å². The molecule has 4 nitrogen and oxygen atoms in total. The molecule has 0 aliphatic heterocycles. The summed E-state index contributed by atoms with van der Waals surface area (Å²) in [4.78, 5) is 11.9. The van der Waals surface area contributed by atoms with E-state index in [0.717, 1.165) is 21.7 Å². The van der Waals surface area contributed by atoms with E-state index in [0.29, 0.717) is 16.5 Å². The van der Waals surface area contributed by atoms with Crippen LogP contribution >= 0.6 is 23.2 Å². The summed E-state index contributed by atoms with van der Waals surface area (Å²) < 4.78 is 5.53. The molecule has 0 saturated carbocycles. The van der Waals surface area contributed by atoms with Crippen LogP contribution in [0.5, 0.6) is 5.75 Å². The van der Waals surface area contributed by atoms with Gasteiger partial charge in [-0.2, -0.15) is 0 Å². The predicted octanol–water partition coefficient (Wildman–Crippen LogP) is 5.08. The van der Waals surface area contributed by atoms with Gasteiger partial charge in [-0.3, -0.25) is 0 Å². The average molecular weight is 353 g/mol. The molecule has 2 aromatic rings. The summed E-state index contributed by atoms with van der Waals surface area (Å²) in [7, 11) is 0. The first kappa shape index (κ1) is 17.4. The van der Waals surface area contributed by atoms with Crippen molar-refractivity contribution in [3.8, 4) is 5.75 Å². The number of benzene rings is 2. The topological polar surface area (TPSA) is 50.4 Å². The van der Waals surface area contributed by atoms with Crippen molar-refractivity contribution in [3.05, 3.63) is 57.1 Å². The first-order valence-electron chi connectivity index (χ1n) is 7.07. The van der Waals surface area contributed by atoms with Crippen molar-refractivity contribution in [1.82, 2.24) is 5.32 Å². The van der Waals surface area contributed by atoms with E-state index in [1.54, 1.807) is 18.2 Å². The minimum Gasteiger partial charge on any atom is -0.473 e. The summed E-state index contributed by atoms with van der Waals surface area (Å²) in [6.45, 7) is 5.74. The fraction of sp³-hybridized carbons (Fsp3) is 0.235. The van der Waals surface area contributed by atoms with Gasteiger partial charge in [-0.25, -0.2) is 4.79 Å². The lowest BCUT2D eigenvalue weighted by atomic mass is 10.1. The van der Waals surface area contributed by atoms with E-state index in [-0.39, 0.29) is 12.8 Å². The number of amides is 2. The lowest BCUT2D eigenvalue weighted by Gasteiger charge is -2.12. The maximum absolute atomic E-state index is 11.9. The van der Waals surface area contributed by atoms with Crippen molar-refractivity contribution in [2.24, 2.45) is 0 Å². The Bertz CT molecular complexity index is 710. The molecule has 0 aliphatic carbocycles. The zero-order valence-electron chi connectivity index (χ0n) is 13.2. The molecule has 0 aromatic heterocycles. The molecule has 2 aromatic carbocycles. The molecule has 0 heterocycles. The molecule has 0 bridgehead atoms. The van der Waals surface area contributed by atoms with E-state index in [2.05, 4.69) is 10.6 Å². The summed E-state index contributed by atoms with van der Waals surface area (Å²) in [6.07, 6.45) is 0. The molecule has 23 heavy (non-hydrogen) atoms. The summed E-state index contributed by atoms with van der Waals surface area (Å²) in [5, 5.41) is 6.74. The first-order valence-corrected chi connectivity index (χ1v) is 7.83. The van der Waals surface area contributed by atoms with Crippen LogP contribution in [0.4, 0.5) is 10.5 Å². The molecule has 0 unspecified atom stereocenters. The Labute approximate surface area is 145 Å². The molecule has 2 rings (SSSR count). The van der Waals surface area contributed by atoms with Crippen molar-refractivity contribution in [2.75, 3.05) is 12.0 Å². The highest BCUT2D eigenvalue weighted by Gasteiger charge is 2.06. The second-order valence-corrected chi connectivity index (χ2v) is 6.06. The number of urea groups is 1. The van der Waals surface area contributed by atoms with Crippen LogP contribution in [0, 0.1) is 20.8 Å². The molecule has 6 heteroatoms. The number of rotatable bonds is 4. The largest absolute Gasteiger partial charge is 0.473 e. The van der Waals surface area contributed by atoms with E-state index in [9.17, 15) is 4.79 Å². The summed E-state index contributed by atoms with van der Waals surface area (Å²) in [5.74, 6) is 0.660. The smallest absolute Gasteiger partial charge is 0.321 e. The third-order valence-corrected chi connectivity index (χ3v) is 4.15. The summed E-state index contributed by atoms with van der Waals surface area (Å²) >= 11 is 12.0. The Hall–Kier alpha value is -1.91. The number of ether oxygens (including phenoxy) is 1. The van der Waals surface area contributed by atoms with Crippen LogP contribution in [-0.2, 0) is 0 Å². The van der Waals surface area contributed by atoms with Crippen LogP contribution in [-0.4, -0.2) is 12.8 Å². The van der Waals surface area contributed by atoms with Crippen LogP contribution in [0.2, 0.25) is 10.0 Å². The van der Waals surface area contributed by atoms with Crippen molar-refractivity contribution in [3.63, 3.8) is 0 Å². The highest BCUT2D eigenvalue weighted by Crippen LogP contribution is 2.25. The monoisotopic (exact) mass is 352 g/mol. The molecular weight excluding hydrogens is 335 g/mol. The third-order valence-electron chi connectivity index (χ3n) is 3.32. The van der Waals surface area contributed by atoms with E-state index in [1.807, 2.05) is 32.9 Å². The Morgan fingerprint density at radius 2 is 1.70 bits per heavy atom. The highest BCUT2D eigenvalue weighted by molar-refractivity contribution is 6.32. The van der Waals surface area contributed by atoms with Gasteiger partial charge >= 0.3 is 6.03 Å².